The molecule has 1 aromatic heterocycles. The first-order valence-corrected chi connectivity index (χ1v) is 8.45. The predicted molar refractivity (Wildman–Crippen MR) is 93.4 cm³/mol. The van der Waals surface area contributed by atoms with Gasteiger partial charge in [-0.2, -0.15) is 0 Å². The number of nitrogens with one attached hydrogen (secondary N) is 1. The van der Waals surface area contributed by atoms with Crippen molar-refractivity contribution in [2.45, 2.75) is 31.7 Å². The van der Waals surface area contributed by atoms with Gasteiger partial charge >= 0.3 is 11.8 Å². The Morgan fingerprint density at radius 1 is 1.04 bits per heavy atom. The number of aromatic nitrogens is 1. The van der Waals surface area contributed by atoms with Gasteiger partial charge in [-0.15, -0.1) is 0 Å². The first-order valence-electron chi connectivity index (χ1n) is 8.45. The van der Waals surface area contributed by atoms with Crippen LogP contribution in [-0.4, -0.2) is 27.8 Å². The number of nitrogens with zero attached hydrogens (tertiary/aromatic N) is 2. The highest BCUT2D eigenvalue weighted by Crippen LogP contribution is 2.30. The fourth-order valence-electron chi connectivity index (χ4n) is 3.32. The number of aryl methyl sites for hydroxylation is 1. The summed E-state index contributed by atoms with van der Waals surface area (Å²) in [7, 11) is 1.98. The molecule has 5 nitrogen and oxygen atoms in total. The van der Waals surface area contributed by atoms with E-state index in [1.54, 1.807) is 17.0 Å². The highest BCUT2D eigenvalue weighted by Gasteiger charge is 2.31. The zero-order valence-electron chi connectivity index (χ0n) is 13.9. The van der Waals surface area contributed by atoms with Gasteiger partial charge < -0.3 is 14.8 Å². The Morgan fingerprint density at radius 3 is 2.54 bits per heavy atom. The lowest BCUT2D eigenvalue weighted by atomic mass is 10.1. The molecule has 5 heteroatoms. The van der Waals surface area contributed by atoms with Crippen LogP contribution in [-0.2, 0) is 16.6 Å². The molecule has 3 rings (SSSR count). The first-order chi connectivity index (χ1) is 11.7. The predicted octanol–water partition coefficient (Wildman–Crippen LogP) is 3.11. The van der Waals surface area contributed by atoms with E-state index in [4.69, 9.17) is 0 Å². The standard InChI is InChI=1S/C19H23N3O2/c1-21-13-8-12-16(21)17-11-6-3-7-14-22(17)19(24)18(23)20-15-9-4-2-5-10-15/h2,4-5,8-10,12-13,17H,3,6-7,11,14H2,1H3,(H,20,23)/t17-/m1/s1. The maximum atomic E-state index is 12.8. The molecule has 0 aliphatic carbocycles. The number of carbonyl (C=O) groups excluding carboxylic acids is 2. The highest BCUT2D eigenvalue weighted by molar-refractivity contribution is 6.39. The average Bonchev–Trinajstić information content (AvgIpc) is 2.87. The lowest BCUT2D eigenvalue weighted by Gasteiger charge is -2.30. The summed E-state index contributed by atoms with van der Waals surface area (Å²) in [5.74, 6) is -1.02. The van der Waals surface area contributed by atoms with Gasteiger partial charge in [0.1, 0.15) is 0 Å². The maximum absolute atomic E-state index is 12.8. The van der Waals surface area contributed by atoms with Crippen molar-refractivity contribution in [3.05, 3.63) is 54.4 Å². The Morgan fingerprint density at radius 2 is 1.83 bits per heavy atom. The van der Waals surface area contributed by atoms with E-state index in [0.717, 1.165) is 31.4 Å². The minimum absolute atomic E-state index is 0.0403. The Balaban J connectivity index is 1.79. The third-order valence-corrected chi connectivity index (χ3v) is 4.56. The number of amides is 2. The van der Waals surface area contributed by atoms with Crippen LogP contribution in [0.5, 0.6) is 0 Å². The van der Waals surface area contributed by atoms with E-state index in [1.165, 1.54) is 0 Å². The van der Waals surface area contributed by atoms with Crippen molar-refractivity contribution in [2.75, 3.05) is 11.9 Å². The molecule has 1 aliphatic rings. The van der Waals surface area contributed by atoms with Crippen molar-refractivity contribution in [1.29, 1.82) is 0 Å². The van der Waals surface area contributed by atoms with Gasteiger partial charge in [-0.05, 0) is 37.1 Å². The molecular weight excluding hydrogens is 302 g/mol. The fourth-order valence-corrected chi connectivity index (χ4v) is 3.32. The van der Waals surface area contributed by atoms with Crippen LogP contribution < -0.4 is 5.32 Å². The Kier molecular flexibility index (Phi) is 4.99. The van der Waals surface area contributed by atoms with Gasteiger partial charge in [0.25, 0.3) is 0 Å². The summed E-state index contributed by atoms with van der Waals surface area (Å²) >= 11 is 0. The summed E-state index contributed by atoms with van der Waals surface area (Å²) < 4.78 is 2.03. The molecule has 126 valence electrons. The van der Waals surface area contributed by atoms with Crippen LogP contribution in [0, 0.1) is 0 Å². The zero-order chi connectivity index (χ0) is 16.9. The number of likely N-dealkylation sites (tertiary alicyclic amines) is 1. The van der Waals surface area contributed by atoms with Crippen molar-refractivity contribution in [3.63, 3.8) is 0 Å². The maximum Gasteiger partial charge on any atom is 0.313 e. The fraction of sp³-hybridized carbons (Fsp3) is 0.368. The van der Waals surface area contributed by atoms with Gasteiger partial charge in [-0.1, -0.05) is 31.0 Å². The molecule has 1 fully saturated rings. The van der Waals surface area contributed by atoms with E-state index >= 15 is 0 Å². The van der Waals surface area contributed by atoms with Gasteiger partial charge in [0.05, 0.1) is 6.04 Å². The van der Waals surface area contributed by atoms with Crippen molar-refractivity contribution < 1.29 is 9.59 Å². The molecule has 2 heterocycles. The number of hydrogen-bond acceptors (Lipinski definition) is 2. The van der Waals surface area contributed by atoms with Gasteiger partial charge in [0, 0.05) is 31.2 Å². The Hall–Kier alpha value is -2.56. The van der Waals surface area contributed by atoms with E-state index < -0.39 is 11.8 Å². The molecule has 1 atom stereocenters. The van der Waals surface area contributed by atoms with E-state index in [1.807, 2.05) is 48.1 Å². The molecule has 0 radical (unpaired) electrons. The molecule has 0 spiro atoms. The van der Waals surface area contributed by atoms with E-state index in [-0.39, 0.29) is 6.04 Å². The largest absolute Gasteiger partial charge is 0.353 e. The molecule has 0 saturated carbocycles. The van der Waals surface area contributed by atoms with Crippen molar-refractivity contribution in [3.8, 4) is 0 Å². The number of benzene rings is 1. The van der Waals surface area contributed by atoms with Crippen molar-refractivity contribution >= 4 is 17.5 Å². The first kappa shape index (κ1) is 16.3. The lowest BCUT2D eigenvalue weighted by Crippen LogP contribution is -2.42. The van der Waals surface area contributed by atoms with E-state index in [0.29, 0.717) is 12.2 Å². The average molecular weight is 325 g/mol. The topological polar surface area (TPSA) is 54.3 Å². The number of rotatable bonds is 2. The molecule has 24 heavy (non-hydrogen) atoms. The molecule has 1 saturated heterocycles. The summed E-state index contributed by atoms with van der Waals surface area (Å²) in [4.78, 5) is 26.9. The monoisotopic (exact) mass is 325 g/mol. The second kappa shape index (κ2) is 7.34. The molecule has 1 aromatic carbocycles. The van der Waals surface area contributed by atoms with Crippen LogP contribution in [0.2, 0.25) is 0 Å². The van der Waals surface area contributed by atoms with Crippen LogP contribution in [0.25, 0.3) is 0 Å². The summed E-state index contributed by atoms with van der Waals surface area (Å²) in [6, 6.07) is 13.1. The van der Waals surface area contributed by atoms with Gasteiger partial charge in [-0.3, -0.25) is 9.59 Å². The summed E-state index contributed by atoms with van der Waals surface area (Å²) in [5.41, 5.74) is 1.72. The molecule has 1 aliphatic heterocycles. The quantitative estimate of drug-likeness (QED) is 0.863. The van der Waals surface area contributed by atoms with Gasteiger partial charge in [0.15, 0.2) is 0 Å². The van der Waals surface area contributed by atoms with Crippen molar-refractivity contribution in [1.82, 2.24) is 9.47 Å². The minimum atomic E-state index is -0.567. The molecule has 0 unspecified atom stereocenters. The van der Waals surface area contributed by atoms with E-state index in [2.05, 4.69) is 5.32 Å². The molecule has 2 amide bonds. The van der Waals surface area contributed by atoms with Crippen LogP contribution in [0.15, 0.2) is 48.7 Å². The van der Waals surface area contributed by atoms with E-state index in [9.17, 15) is 9.59 Å². The third kappa shape index (κ3) is 3.50. The Labute approximate surface area is 142 Å². The summed E-state index contributed by atoms with van der Waals surface area (Å²) in [6.07, 6.45) is 5.96. The second-order valence-electron chi connectivity index (χ2n) is 6.23. The van der Waals surface area contributed by atoms with Crippen LogP contribution in [0.1, 0.15) is 37.4 Å². The zero-order valence-corrected chi connectivity index (χ0v) is 13.9. The normalized spacial score (nSPS) is 18.0. The number of anilines is 1. The highest BCUT2D eigenvalue weighted by atomic mass is 16.2. The third-order valence-electron chi connectivity index (χ3n) is 4.56. The molecule has 0 bridgehead atoms. The minimum Gasteiger partial charge on any atom is -0.353 e. The lowest BCUT2D eigenvalue weighted by molar-refractivity contribution is -0.145. The number of hydrogen-bond donors (Lipinski definition) is 1. The molecule has 1 N–H and O–H groups in total. The Bertz CT molecular complexity index is 708. The van der Waals surface area contributed by atoms with Gasteiger partial charge in [-0.25, -0.2) is 0 Å². The number of para-hydroxylation sites is 1. The van der Waals surface area contributed by atoms with Crippen LogP contribution >= 0.6 is 0 Å². The van der Waals surface area contributed by atoms with Crippen molar-refractivity contribution in [2.24, 2.45) is 7.05 Å². The molecular formula is C19H23N3O2. The molecule has 2 aromatic rings. The smallest absolute Gasteiger partial charge is 0.313 e. The van der Waals surface area contributed by atoms with Gasteiger partial charge in [0.2, 0.25) is 0 Å². The van der Waals surface area contributed by atoms with Crippen LogP contribution in [0.3, 0.4) is 0 Å². The summed E-state index contributed by atoms with van der Waals surface area (Å²) in [6.45, 7) is 0.622. The SMILES string of the molecule is Cn1cccc1[C@H]1CCCCCN1C(=O)C(=O)Nc1ccccc1. The number of carbonyl (C=O) groups is 2. The van der Waals surface area contributed by atoms with Crippen LogP contribution in [0.4, 0.5) is 5.69 Å². The summed E-state index contributed by atoms with van der Waals surface area (Å²) in [5, 5.41) is 2.70. The second-order valence-corrected chi connectivity index (χ2v) is 6.23.